The standard InChI is InChI=1S/C13H9ClFNO3/c14-7-1-3-8(4-2-7)19-12-5-9(13(17)18)11(16)6-10(12)15/h1-6H,16H2,(H,17,18). The lowest BCUT2D eigenvalue weighted by Gasteiger charge is -2.09. The number of aromatic carboxylic acids is 1. The molecule has 0 radical (unpaired) electrons. The molecule has 2 aromatic carbocycles. The number of nitrogens with two attached hydrogens (primary N) is 1. The van der Waals surface area contributed by atoms with Crippen LogP contribution in [0.4, 0.5) is 10.1 Å². The molecule has 0 aliphatic heterocycles. The summed E-state index contributed by atoms with van der Waals surface area (Å²) in [7, 11) is 0. The van der Waals surface area contributed by atoms with Crippen molar-refractivity contribution in [1.82, 2.24) is 0 Å². The van der Waals surface area contributed by atoms with Gasteiger partial charge in [-0.1, -0.05) is 11.6 Å². The number of benzene rings is 2. The number of anilines is 1. The van der Waals surface area contributed by atoms with Crippen LogP contribution in [0.1, 0.15) is 10.4 Å². The lowest BCUT2D eigenvalue weighted by molar-refractivity contribution is 0.0697. The van der Waals surface area contributed by atoms with E-state index < -0.39 is 11.8 Å². The second-order valence-electron chi connectivity index (χ2n) is 3.73. The van der Waals surface area contributed by atoms with Gasteiger partial charge in [-0.2, -0.15) is 0 Å². The second-order valence-corrected chi connectivity index (χ2v) is 4.17. The van der Waals surface area contributed by atoms with E-state index in [-0.39, 0.29) is 17.0 Å². The van der Waals surface area contributed by atoms with Gasteiger partial charge in [0.1, 0.15) is 5.75 Å². The molecule has 0 saturated heterocycles. The molecule has 0 aliphatic rings. The number of carboxylic acids is 1. The van der Waals surface area contributed by atoms with E-state index in [2.05, 4.69) is 0 Å². The molecule has 0 saturated carbocycles. The molecular formula is C13H9ClFNO3. The summed E-state index contributed by atoms with van der Waals surface area (Å²) in [5, 5.41) is 9.42. The van der Waals surface area contributed by atoms with Crippen LogP contribution in [-0.4, -0.2) is 11.1 Å². The van der Waals surface area contributed by atoms with Gasteiger partial charge in [-0.25, -0.2) is 9.18 Å². The fourth-order valence-electron chi connectivity index (χ4n) is 1.46. The molecule has 2 aromatic rings. The first-order valence-corrected chi connectivity index (χ1v) is 5.61. The molecule has 98 valence electrons. The minimum Gasteiger partial charge on any atom is -0.478 e. The molecule has 0 unspecified atom stereocenters. The molecule has 0 atom stereocenters. The second kappa shape index (κ2) is 5.16. The Hall–Kier alpha value is -2.27. The van der Waals surface area contributed by atoms with Crippen LogP contribution in [0, 0.1) is 5.82 Å². The lowest BCUT2D eigenvalue weighted by atomic mass is 10.1. The molecule has 6 heteroatoms. The molecular weight excluding hydrogens is 273 g/mol. The molecule has 0 fully saturated rings. The Labute approximate surface area is 113 Å². The highest BCUT2D eigenvalue weighted by Gasteiger charge is 2.14. The van der Waals surface area contributed by atoms with Crippen LogP contribution in [-0.2, 0) is 0 Å². The number of ether oxygens (including phenoxy) is 1. The van der Waals surface area contributed by atoms with Crippen LogP contribution >= 0.6 is 11.6 Å². The van der Waals surface area contributed by atoms with Crippen LogP contribution < -0.4 is 10.5 Å². The first-order valence-electron chi connectivity index (χ1n) is 5.23. The summed E-state index contributed by atoms with van der Waals surface area (Å²) in [6, 6.07) is 8.18. The van der Waals surface area contributed by atoms with Crippen molar-refractivity contribution < 1.29 is 19.0 Å². The van der Waals surface area contributed by atoms with Crippen molar-refractivity contribution in [3.63, 3.8) is 0 Å². The minimum atomic E-state index is -1.25. The van der Waals surface area contributed by atoms with Gasteiger partial charge in [0.05, 0.1) is 5.56 Å². The molecule has 0 bridgehead atoms. The van der Waals surface area contributed by atoms with E-state index in [1.165, 1.54) is 0 Å². The average Bonchev–Trinajstić information content (AvgIpc) is 2.34. The third kappa shape index (κ3) is 2.95. The van der Waals surface area contributed by atoms with Crippen molar-refractivity contribution in [2.45, 2.75) is 0 Å². The van der Waals surface area contributed by atoms with E-state index >= 15 is 0 Å². The van der Waals surface area contributed by atoms with Gasteiger partial charge in [-0.3, -0.25) is 0 Å². The van der Waals surface area contributed by atoms with Crippen molar-refractivity contribution in [3.8, 4) is 11.5 Å². The fraction of sp³-hybridized carbons (Fsp3) is 0. The Morgan fingerprint density at radius 3 is 2.47 bits per heavy atom. The van der Waals surface area contributed by atoms with Crippen molar-refractivity contribution in [2.75, 3.05) is 5.73 Å². The Bertz CT molecular complexity index is 629. The van der Waals surface area contributed by atoms with Crippen molar-refractivity contribution in [2.24, 2.45) is 0 Å². The first-order chi connectivity index (χ1) is 8.97. The maximum absolute atomic E-state index is 13.6. The first kappa shape index (κ1) is 13.2. The molecule has 4 nitrogen and oxygen atoms in total. The predicted octanol–water partition coefficient (Wildman–Crippen LogP) is 3.55. The minimum absolute atomic E-state index is 0.159. The number of carboxylic acid groups (broad SMARTS) is 1. The summed E-state index contributed by atoms with van der Waals surface area (Å²) in [5.41, 5.74) is 5.03. The highest BCUT2D eigenvalue weighted by Crippen LogP contribution is 2.29. The lowest BCUT2D eigenvalue weighted by Crippen LogP contribution is -2.04. The summed E-state index contributed by atoms with van der Waals surface area (Å²) in [6.45, 7) is 0. The summed E-state index contributed by atoms with van der Waals surface area (Å²) < 4.78 is 18.9. The summed E-state index contributed by atoms with van der Waals surface area (Å²) in [5.74, 6) is -1.87. The molecule has 0 amide bonds. The third-order valence-electron chi connectivity index (χ3n) is 2.38. The number of halogens is 2. The normalized spacial score (nSPS) is 10.2. The number of hydrogen-bond donors (Lipinski definition) is 2. The third-order valence-corrected chi connectivity index (χ3v) is 2.63. The number of nitrogen functional groups attached to an aromatic ring is 1. The molecule has 0 aromatic heterocycles. The van der Waals surface area contributed by atoms with Crippen LogP contribution in [0.2, 0.25) is 5.02 Å². The zero-order chi connectivity index (χ0) is 14.0. The van der Waals surface area contributed by atoms with Gasteiger partial charge >= 0.3 is 5.97 Å². The zero-order valence-electron chi connectivity index (χ0n) is 9.56. The highest BCUT2D eigenvalue weighted by atomic mass is 35.5. The van der Waals surface area contributed by atoms with Crippen LogP contribution in [0.15, 0.2) is 36.4 Å². The molecule has 2 rings (SSSR count). The number of carbonyl (C=O) groups is 1. The highest BCUT2D eigenvalue weighted by molar-refractivity contribution is 6.30. The van der Waals surface area contributed by atoms with E-state index in [9.17, 15) is 9.18 Å². The van der Waals surface area contributed by atoms with Crippen LogP contribution in [0.25, 0.3) is 0 Å². The van der Waals surface area contributed by atoms with Gasteiger partial charge in [0.15, 0.2) is 11.6 Å². The Morgan fingerprint density at radius 1 is 1.26 bits per heavy atom. The topological polar surface area (TPSA) is 72.5 Å². The van der Waals surface area contributed by atoms with Crippen molar-refractivity contribution in [1.29, 1.82) is 0 Å². The van der Waals surface area contributed by atoms with Gasteiger partial charge in [-0.15, -0.1) is 0 Å². The van der Waals surface area contributed by atoms with E-state index in [1.54, 1.807) is 24.3 Å². The smallest absolute Gasteiger partial charge is 0.337 e. The summed E-state index contributed by atoms with van der Waals surface area (Å²) in [4.78, 5) is 10.9. The molecule has 0 spiro atoms. The van der Waals surface area contributed by atoms with E-state index in [1.807, 2.05) is 0 Å². The largest absolute Gasteiger partial charge is 0.478 e. The molecule has 3 N–H and O–H groups in total. The summed E-state index contributed by atoms with van der Waals surface area (Å²) >= 11 is 5.71. The SMILES string of the molecule is Nc1cc(F)c(Oc2ccc(Cl)cc2)cc1C(=O)O. The summed E-state index contributed by atoms with van der Waals surface area (Å²) in [6.07, 6.45) is 0. The Morgan fingerprint density at radius 2 is 1.89 bits per heavy atom. The molecule has 19 heavy (non-hydrogen) atoms. The Balaban J connectivity index is 2.37. The average molecular weight is 282 g/mol. The quantitative estimate of drug-likeness (QED) is 0.844. The van der Waals surface area contributed by atoms with Gasteiger partial charge < -0.3 is 15.6 Å². The van der Waals surface area contributed by atoms with E-state index in [0.29, 0.717) is 10.8 Å². The zero-order valence-corrected chi connectivity index (χ0v) is 10.3. The van der Waals surface area contributed by atoms with Gasteiger partial charge in [0.25, 0.3) is 0 Å². The maximum atomic E-state index is 13.6. The van der Waals surface area contributed by atoms with Crippen LogP contribution in [0.5, 0.6) is 11.5 Å². The van der Waals surface area contributed by atoms with E-state index in [0.717, 1.165) is 12.1 Å². The van der Waals surface area contributed by atoms with Gasteiger partial charge in [0.2, 0.25) is 0 Å². The fourth-order valence-corrected chi connectivity index (χ4v) is 1.59. The maximum Gasteiger partial charge on any atom is 0.337 e. The van der Waals surface area contributed by atoms with Gasteiger partial charge in [0, 0.05) is 22.8 Å². The predicted molar refractivity (Wildman–Crippen MR) is 69.3 cm³/mol. The molecule has 0 heterocycles. The number of hydrogen-bond acceptors (Lipinski definition) is 3. The number of rotatable bonds is 3. The monoisotopic (exact) mass is 281 g/mol. The Kier molecular flexibility index (Phi) is 3.57. The van der Waals surface area contributed by atoms with Gasteiger partial charge in [-0.05, 0) is 24.3 Å². The van der Waals surface area contributed by atoms with Crippen LogP contribution in [0.3, 0.4) is 0 Å². The van der Waals surface area contributed by atoms with Crippen molar-refractivity contribution >= 4 is 23.3 Å². The van der Waals surface area contributed by atoms with E-state index in [4.69, 9.17) is 27.2 Å². The molecule has 0 aliphatic carbocycles. The van der Waals surface area contributed by atoms with Crippen molar-refractivity contribution in [3.05, 3.63) is 52.8 Å².